The Balaban J connectivity index is 3.17. The lowest BCUT2D eigenvalue weighted by atomic mass is 10.2. The van der Waals surface area contributed by atoms with E-state index in [1.54, 1.807) is 25.2 Å². The van der Waals surface area contributed by atoms with Gasteiger partial charge in [-0.3, -0.25) is 0 Å². The van der Waals surface area contributed by atoms with Gasteiger partial charge in [-0.1, -0.05) is 12.1 Å². The van der Waals surface area contributed by atoms with E-state index in [-0.39, 0.29) is 11.3 Å². The van der Waals surface area contributed by atoms with Gasteiger partial charge in [0.1, 0.15) is 5.75 Å². The third-order valence-electron chi connectivity index (χ3n) is 2.55. The maximum Gasteiger partial charge on any atom is 0.414 e. The number of hydrogen-bond donors (Lipinski definition) is 0. The van der Waals surface area contributed by atoms with Gasteiger partial charge in [0, 0.05) is 23.7 Å². The highest BCUT2D eigenvalue weighted by Gasteiger charge is 2.12. The number of amides is 1. The molecule has 0 radical (unpaired) electrons. The molecule has 1 rings (SSSR count). The Morgan fingerprint density at radius 3 is 2.78 bits per heavy atom. The highest BCUT2D eigenvalue weighted by molar-refractivity contribution is 5.70. The fourth-order valence-electron chi connectivity index (χ4n) is 1.27. The molecule has 0 unspecified atom stereocenters. The van der Waals surface area contributed by atoms with Gasteiger partial charge in [0.2, 0.25) is 0 Å². The molecular formula is C14H22N2O2. The van der Waals surface area contributed by atoms with E-state index in [4.69, 9.17) is 10.2 Å². The first-order valence-corrected chi connectivity index (χ1v) is 5.75. The molecule has 0 aliphatic rings. The van der Waals surface area contributed by atoms with E-state index in [0.717, 1.165) is 0 Å². The summed E-state index contributed by atoms with van der Waals surface area (Å²) in [6.07, 6.45) is -0.533. The van der Waals surface area contributed by atoms with Crippen molar-refractivity contribution in [3.8, 4) is 5.75 Å². The van der Waals surface area contributed by atoms with Crippen LogP contribution in [0.15, 0.2) is 24.3 Å². The standard InChI is InChI=1S/C14H22N2O2/c1-6-16(5)14(17)18-13-9-7-8-12(10-13)11(2)15(3)4/h7-11H,6H2,1-5H3/t11-/m0/s1/i2D3,11+1D. The predicted molar refractivity (Wildman–Crippen MR) is 72.9 cm³/mol. The second kappa shape index (κ2) is 6.40. The zero-order valence-electron chi connectivity index (χ0n) is 15.2. The molecule has 0 N–H and O–H groups in total. The number of rotatable bonds is 4. The van der Waals surface area contributed by atoms with E-state index in [1.807, 2.05) is 6.92 Å². The molecule has 1 amide bonds. The molecule has 1 aromatic carbocycles. The summed E-state index contributed by atoms with van der Waals surface area (Å²) < 4.78 is 36.5. The minimum atomic E-state index is -2.56. The van der Waals surface area contributed by atoms with Crippen molar-refractivity contribution in [1.82, 2.24) is 9.80 Å². The summed E-state index contributed by atoms with van der Waals surface area (Å²) in [4.78, 5) is 14.5. The lowest BCUT2D eigenvalue weighted by molar-refractivity contribution is 0.165. The first-order valence-electron chi connectivity index (χ1n) is 7.75. The zero-order chi connectivity index (χ0) is 17.1. The Kier molecular flexibility index (Phi) is 3.34. The Bertz CT molecular complexity index is 534. The first-order chi connectivity index (χ1) is 10.0. The van der Waals surface area contributed by atoms with Crippen LogP contribution in [0.25, 0.3) is 0 Å². The van der Waals surface area contributed by atoms with Crippen LogP contribution in [0.5, 0.6) is 5.75 Å². The fourth-order valence-corrected chi connectivity index (χ4v) is 1.27. The van der Waals surface area contributed by atoms with Crippen LogP contribution >= 0.6 is 0 Å². The number of benzene rings is 1. The molecule has 0 spiro atoms. The Hall–Kier alpha value is -1.55. The van der Waals surface area contributed by atoms with E-state index >= 15 is 0 Å². The summed E-state index contributed by atoms with van der Waals surface area (Å²) in [5.74, 6) is 0.213. The maximum atomic E-state index is 11.8. The van der Waals surface area contributed by atoms with Crippen LogP contribution in [0.4, 0.5) is 4.79 Å². The lowest BCUT2D eigenvalue weighted by Crippen LogP contribution is -2.29. The van der Waals surface area contributed by atoms with Gasteiger partial charge in [-0.25, -0.2) is 4.79 Å². The van der Waals surface area contributed by atoms with Gasteiger partial charge < -0.3 is 14.5 Å². The van der Waals surface area contributed by atoms with Gasteiger partial charge in [-0.2, -0.15) is 0 Å². The summed E-state index contributed by atoms with van der Waals surface area (Å²) in [5.41, 5.74) is 0.238. The van der Waals surface area contributed by atoms with Crippen molar-refractivity contribution in [3.05, 3.63) is 29.8 Å². The van der Waals surface area contributed by atoms with E-state index in [9.17, 15) is 4.79 Å². The molecule has 0 heterocycles. The van der Waals surface area contributed by atoms with Crippen molar-refractivity contribution in [2.75, 3.05) is 27.7 Å². The van der Waals surface area contributed by atoms with Crippen molar-refractivity contribution >= 4 is 6.09 Å². The Morgan fingerprint density at radius 1 is 1.50 bits per heavy atom. The predicted octanol–water partition coefficient (Wildman–Crippen LogP) is 2.76. The molecule has 0 aliphatic heterocycles. The average molecular weight is 255 g/mol. The van der Waals surface area contributed by atoms with Crippen LogP contribution in [-0.2, 0) is 0 Å². The van der Waals surface area contributed by atoms with Gasteiger partial charge in [0.05, 0.1) is 1.37 Å². The highest BCUT2D eigenvalue weighted by Crippen LogP contribution is 2.22. The van der Waals surface area contributed by atoms with Gasteiger partial charge in [0.25, 0.3) is 0 Å². The summed E-state index contributed by atoms with van der Waals surface area (Å²) in [7, 11) is 4.66. The zero-order valence-corrected chi connectivity index (χ0v) is 11.2. The van der Waals surface area contributed by atoms with Crippen molar-refractivity contribution in [1.29, 1.82) is 0 Å². The van der Waals surface area contributed by atoms with Crippen LogP contribution in [-0.4, -0.2) is 43.6 Å². The number of carbonyl (C=O) groups excluding carboxylic acids is 1. The van der Waals surface area contributed by atoms with Crippen molar-refractivity contribution in [2.24, 2.45) is 0 Å². The Labute approximate surface area is 115 Å². The molecule has 18 heavy (non-hydrogen) atoms. The summed E-state index contributed by atoms with van der Waals surface area (Å²) in [6, 6.07) is 4.16. The molecule has 0 bridgehead atoms. The molecule has 0 saturated carbocycles. The Morgan fingerprint density at radius 2 is 2.22 bits per heavy atom. The molecule has 0 aliphatic carbocycles. The third-order valence-corrected chi connectivity index (χ3v) is 2.55. The molecule has 1 aromatic rings. The number of nitrogens with zero attached hydrogens (tertiary/aromatic N) is 2. The van der Waals surface area contributed by atoms with Crippen LogP contribution < -0.4 is 4.74 Å². The third kappa shape index (κ3) is 3.74. The van der Waals surface area contributed by atoms with Gasteiger partial charge in [-0.05, 0) is 45.6 Å². The van der Waals surface area contributed by atoms with Crippen LogP contribution in [0.3, 0.4) is 0 Å². The van der Waals surface area contributed by atoms with Crippen LogP contribution in [0, 0.1) is 0 Å². The minimum absolute atomic E-state index is 0.213. The lowest BCUT2D eigenvalue weighted by Gasteiger charge is -2.21. The van der Waals surface area contributed by atoms with Crippen molar-refractivity contribution in [2.45, 2.75) is 19.8 Å². The number of hydrogen-bond acceptors (Lipinski definition) is 3. The van der Waals surface area contributed by atoms with Crippen molar-refractivity contribution < 1.29 is 15.0 Å². The molecule has 4 nitrogen and oxygen atoms in total. The molecule has 0 fully saturated rings. The summed E-state index contributed by atoms with van der Waals surface area (Å²) in [6.45, 7) is -0.250. The van der Waals surface area contributed by atoms with E-state index < -0.39 is 19.0 Å². The number of carbonyl (C=O) groups is 1. The minimum Gasteiger partial charge on any atom is -0.410 e. The highest BCUT2D eigenvalue weighted by atomic mass is 16.6. The second-order valence-corrected chi connectivity index (χ2v) is 4.15. The van der Waals surface area contributed by atoms with E-state index in [1.165, 1.54) is 30.0 Å². The largest absolute Gasteiger partial charge is 0.414 e. The van der Waals surface area contributed by atoms with E-state index in [0.29, 0.717) is 6.54 Å². The average Bonchev–Trinajstić information content (AvgIpc) is 2.44. The quantitative estimate of drug-likeness (QED) is 0.776. The molecule has 100 valence electrons. The molecule has 0 aromatic heterocycles. The van der Waals surface area contributed by atoms with Gasteiger partial charge in [0.15, 0.2) is 0 Å². The topological polar surface area (TPSA) is 32.8 Å². The SMILES string of the molecule is [2H]C([2H])([2H])[13C@@]([2H])(c1cccc(OC(=O)N(C)CC)c1)N(C)C. The van der Waals surface area contributed by atoms with Crippen molar-refractivity contribution in [3.63, 3.8) is 0 Å². The summed E-state index contributed by atoms with van der Waals surface area (Å²) in [5, 5.41) is 0. The maximum absolute atomic E-state index is 11.8. The summed E-state index contributed by atoms with van der Waals surface area (Å²) >= 11 is 0. The number of ether oxygens (including phenoxy) is 1. The molecular weight excluding hydrogens is 229 g/mol. The van der Waals surface area contributed by atoms with Crippen LogP contribution in [0.2, 0.25) is 0 Å². The van der Waals surface area contributed by atoms with Crippen LogP contribution in [0.1, 0.15) is 30.8 Å². The van der Waals surface area contributed by atoms with Gasteiger partial charge >= 0.3 is 6.09 Å². The monoisotopic (exact) mass is 255 g/mol. The molecule has 0 saturated heterocycles. The van der Waals surface area contributed by atoms with Gasteiger partial charge in [-0.15, -0.1) is 0 Å². The second-order valence-electron chi connectivity index (χ2n) is 4.15. The normalized spacial score (nSPS) is 18.1. The molecule has 4 heteroatoms. The first kappa shape index (κ1) is 9.39. The smallest absolute Gasteiger partial charge is 0.410 e. The van der Waals surface area contributed by atoms with E-state index in [2.05, 4.69) is 0 Å². The fraction of sp³-hybridized carbons (Fsp3) is 0.500. The molecule has 1 atom stereocenters.